The fourth-order valence-electron chi connectivity index (χ4n) is 1.93. The molecule has 2 aromatic rings. The van der Waals surface area contributed by atoms with Crippen molar-refractivity contribution in [3.05, 3.63) is 33.5 Å². The second-order valence-electron chi connectivity index (χ2n) is 3.80. The van der Waals surface area contributed by atoms with Gasteiger partial charge in [-0.2, -0.15) is 0 Å². The maximum absolute atomic E-state index is 5.56. The molecule has 0 aliphatic carbocycles. The van der Waals surface area contributed by atoms with E-state index in [0.29, 0.717) is 0 Å². The lowest BCUT2D eigenvalue weighted by molar-refractivity contribution is 0.607. The van der Waals surface area contributed by atoms with Crippen molar-refractivity contribution in [1.29, 1.82) is 0 Å². The zero-order chi connectivity index (χ0) is 11.0. The van der Waals surface area contributed by atoms with Gasteiger partial charge >= 0.3 is 0 Å². The van der Waals surface area contributed by atoms with Gasteiger partial charge in [0.25, 0.3) is 0 Å². The molecule has 2 nitrogen and oxygen atoms in total. The molecule has 1 N–H and O–H groups in total. The molecule has 1 heterocycles. The standard InChI is InChI=1S/C12H14BrNO/c1-7-4-10-11(8(2)12(7)13)9(5-14-3)6-15-10/h4,6,14H,5H2,1-3H3. The maximum Gasteiger partial charge on any atom is 0.134 e. The Morgan fingerprint density at radius 1 is 1.40 bits per heavy atom. The molecule has 0 amide bonds. The predicted molar refractivity (Wildman–Crippen MR) is 66.2 cm³/mol. The van der Waals surface area contributed by atoms with Crippen LogP contribution in [0.15, 0.2) is 21.2 Å². The van der Waals surface area contributed by atoms with Crippen LogP contribution in [0.5, 0.6) is 0 Å². The number of rotatable bonds is 2. The van der Waals surface area contributed by atoms with Gasteiger partial charge < -0.3 is 9.73 Å². The number of nitrogens with one attached hydrogen (secondary N) is 1. The summed E-state index contributed by atoms with van der Waals surface area (Å²) in [7, 11) is 1.94. The van der Waals surface area contributed by atoms with E-state index in [-0.39, 0.29) is 0 Å². The van der Waals surface area contributed by atoms with Gasteiger partial charge in [-0.15, -0.1) is 0 Å². The zero-order valence-electron chi connectivity index (χ0n) is 9.15. The third-order valence-electron chi connectivity index (χ3n) is 2.66. The summed E-state index contributed by atoms with van der Waals surface area (Å²) in [5, 5.41) is 4.37. The Labute approximate surface area is 97.8 Å². The van der Waals surface area contributed by atoms with Crippen molar-refractivity contribution in [3.8, 4) is 0 Å². The van der Waals surface area contributed by atoms with Crippen LogP contribution in [-0.4, -0.2) is 7.05 Å². The Balaban J connectivity index is 2.74. The van der Waals surface area contributed by atoms with E-state index in [1.54, 1.807) is 0 Å². The summed E-state index contributed by atoms with van der Waals surface area (Å²) < 4.78 is 6.73. The Morgan fingerprint density at radius 2 is 2.13 bits per heavy atom. The second-order valence-corrected chi connectivity index (χ2v) is 4.59. The Bertz CT molecular complexity index is 502. The van der Waals surface area contributed by atoms with Crippen LogP contribution in [0.3, 0.4) is 0 Å². The molecule has 0 spiro atoms. The molecule has 0 bridgehead atoms. The van der Waals surface area contributed by atoms with E-state index in [1.165, 1.54) is 26.5 Å². The first-order valence-electron chi connectivity index (χ1n) is 4.95. The highest BCUT2D eigenvalue weighted by molar-refractivity contribution is 9.10. The van der Waals surface area contributed by atoms with Gasteiger partial charge in [-0.1, -0.05) is 15.9 Å². The predicted octanol–water partition coefficient (Wildman–Crippen LogP) is 3.53. The smallest absolute Gasteiger partial charge is 0.134 e. The quantitative estimate of drug-likeness (QED) is 0.901. The zero-order valence-corrected chi connectivity index (χ0v) is 10.7. The van der Waals surface area contributed by atoms with Crippen LogP contribution >= 0.6 is 15.9 Å². The van der Waals surface area contributed by atoms with Crippen LogP contribution in [0.1, 0.15) is 16.7 Å². The van der Waals surface area contributed by atoms with E-state index in [1.807, 2.05) is 13.3 Å². The molecule has 0 radical (unpaired) electrons. The summed E-state index contributed by atoms with van der Waals surface area (Å²) in [6.07, 6.45) is 1.83. The number of aryl methyl sites for hydroxylation is 2. The Kier molecular flexibility index (Phi) is 2.85. The molecule has 0 saturated carbocycles. The third kappa shape index (κ3) is 1.70. The Hall–Kier alpha value is -0.800. The van der Waals surface area contributed by atoms with E-state index in [9.17, 15) is 0 Å². The van der Waals surface area contributed by atoms with Crippen LogP contribution in [0.2, 0.25) is 0 Å². The van der Waals surface area contributed by atoms with Crippen LogP contribution in [-0.2, 0) is 6.54 Å². The van der Waals surface area contributed by atoms with E-state index < -0.39 is 0 Å². The molecule has 2 rings (SSSR count). The van der Waals surface area contributed by atoms with Crippen LogP contribution < -0.4 is 5.32 Å². The molecule has 0 unspecified atom stereocenters. The summed E-state index contributed by atoms with van der Waals surface area (Å²) in [6, 6.07) is 2.07. The molecular formula is C12H14BrNO. The first-order valence-corrected chi connectivity index (χ1v) is 5.74. The summed E-state index contributed by atoms with van der Waals surface area (Å²) in [5.41, 5.74) is 4.65. The van der Waals surface area contributed by atoms with Gasteiger partial charge in [0.2, 0.25) is 0 Å². The molecule has 0 aliphatic rings. The normalized spacial score (nSPS) is 11.2. The fourth-order valence-corrected chi connectivity index (χ4v) is 2.24. The van der Waals surface area contributed by atoms with E-state index in [2.05, 4.69) is 41.2 Å². The molecule has 0 saturated heterocycles. The van der Waals surface area contributed by atoms with Crippen molar-refractivity contribution in [3.63, 3.8) is 0 Å². The fraction of sp³-hybridized carbons (Fsp3) is 0.333. The van der Waals surface area contributed by atoms with Crippen molar-refractivity contribution < 1.29 is 4.42 Å². The minimum absolute atomic E-state index is 0.837. The molecular weight excluding hydrogens is 254 g/mol. The third-order valence-corrected chi connectivity index (χ3v) is 3.88. The van der Waals surface area contributed by atoms with E-state index >= 15 is 0 Å². The lowest BCUT2D eigenvalue weighted by Gasteiger charge is -2.05. The van der Waals surface area contributed by atoms with Gasteiger partial charge in [0.1, 0.15) is 5.58 Å². The maximum atomic E-state index is 5.56. The molecule has 0 fully saturated rings. The lowest BCUT2D eigenvalue weighted by atomic mass is 10.0. The molecule has 15 heavy (non-hydrogen) atoms. The number of fused-ring (bicyclic) bond motifs is 1. The van der Waals surface area contributed by atoms with Crippen molar-refractivity contribution in [1.82, 2.24) is 5.32 Å². The summed E-state index contributed by atoms with van der Waals surface area (Å²) in [5.74, 6) is 0. The number of hydrogen-bond donors (Lipinski definition) is 1. The minimum atomic E-state index is 0.837. The molecule has 1 aromatic carbocycles. The van der Waals surface area contributed by atoms with E-state index in [4.69, 9.17) is 4.42 Å². The van der Waals surface area contributed by atoms with Crippen molar-refractivity contribution in [2.24, 2.45) is 0 Å². The van der Waals surface area contributed by atoms with Gasteiger partial charge in [-0.3, -0.25) is 0 Å². The van der Waals surface area contributed by atoms with Crippen molar-refractivity contribution in [2.45, 2.75) is 20.4 Å². The van der Waals surface area contributed by atoms with Gasteiger partial charge in [-0.25, -0.2) is 0 Å². The number of furan rings is 1. The first kappa shape index (κ1) is 10.7. The molecule has 0 atom stereocenters. The average Bonchev–Trinajstić information content (AvgIpc) is 2.59. The first-order chi connectivity index (χ1) is 7.15. The van der Waals surface area contributed by atoms with Gasteiger partial charge in [0.15, 0.2) is 0 Å². The summed E-state index contributed by atoms with van der Waals surface area (Å²) in [6.45, 7) is 5.04. The highest BCUT2D eigenvalue weighted by atomic mass is 79.9. The monoisotopic (exact) mass is 267 g/mol. The van der Waals surface area contributed by atoms with Crippen LogP contribution in [0.25, 0.3) is 11.0 Å². The molecule has 0 aliphatic heterocycles. The van der Waals surface area contributed by atoms with Crippen molar-refractivity contribution in [2.75, 3.05) is 7.05 Å². The van der Waals surface area contributed by atoms with Gasteiger partial charge in [-0.05, 0) is 38.1 Å². The van der Waals surface area contributed by atoms with Crippen molar-refractivity contribution >= 4 is 26.9 Å². The summed E-state index contributed by atoms with van der Waals surface area (Å²) in [4.78, 5) is 0. The van der Waals surface area contributed by atoms with Crippen LogP contribution in [0.4, 0.5) is 0 Å². The topological polar surface area (TPSA) is 25.2 Å². The Morgan fingerprint density at radius 3 is 2.80 bits per heavy atom. The SMILES string of the molecule is CNCc1coc2cc(C)c(Br)c(C)c12. The van der Waals surface area contributed by atoms with Gasteiger partial charge in [0.05, 0.1) is 6.26 Å². The highest BCUT2D eigenvalue weighted by Gasteiger charge is 2.12. The van der Waals surface area contributed by atoms with E-state index in [0.717, 1.165) is 12.1 Å². The highest BCUT2D eigenvalue weighted by Crippen LogP contribution is 2.32. The summed E-state index contributed by atoms with van der Waals surface area (Å²) >= 11 is 3.61. The molecule has 3 heteroatoms. The molecule has 80 valence electrons. The lowest BCUT2D eigenvalue weighted by Crippen LogP contribution is -2.04. The average molecular weight is 268 g/mol. The minimum Gasteiger partial charge on any atom is -0.464 e. The molecule has 1 aromatic heterocycles. The number of benzene rings is 1. The largest absolute Gasteiger partial charge is 0.464 e. The van der Waals surface area contributed by atoms with Crippen LogP contribution in [0, 0.1) is 13.8 Å². The van der Waals surface area contributed by atoms with Gasteiger partial charge in [0, 0.05) is 22.0 Å². The second kappa shape index (κ2) is 3.99. The number of halogens is 1. The number of hydrogen-bond acceptors (Lipinski definition) is 2.